The van der Waals surface area contributed by atoms with Gasteiger partial charge in [-0.05, 0) is 39.2 Å². The van der Waals surface area contributed by atoms with Crippen LogP contribution in [-0.4, -0.2) is 57.3 Å². The van der Waals surface area contributed by atoms with Gasteiger partial charge in [-0.3, -0.25) is 4.18 Å². The first-order chi connectivity index (χ1) is 9.60. The highest BCUT2D eigenvalue weighted by Gasteiger charge is 2.17. The van der Waals surface area contributed by atoms with Crippen molar-refractivity contribution in [1.82, 2.24) is 0 Å². The van der Waals surface area contributed by atoms with Crippen LogP contribution in [0, 0.1) is 5.92 Å². The molecule has 1 atom stereocenters. The van der Waals surface area contributed by atoms with Crippen molar-refractivity contribution >= 4 is 10.4 Å². The molecule has 0 amide bonds. The van der Waals surface area contributed by atoms with Crippen LogP contribution in [0.25, 0.3) is 0 Å². The molecule has 0 rings (SSSR count). The zero-order valence-electron chi connectivity index (χ0n) is 14.3. The number of quaternary nitrogens is 1. The van der Waals surface area contributed by atoms with Crippen molar-refractivity contribution in [2.75, 3.05) is 39.8 Å². The fraction of sp³-hybridized carbons (Fsp3) is 1.00. The predicted molar refractivity (Wildman–Crippen MR) is 85.5 cm³/mol. The van der Waals surface area contributed by atoms with Crippen molar-refractivity contribution < 1.29 is 21.6 Å². The first-order valence-corrected chi connectivity index (χ1v) is 9.07. The van der Waals surface area contributed by atoms with E-state index in [1.165, 1.54) is 43.9 Å². The van der Waals surface area contributed by atoms with Gasteiger partial charge in [-0.1, -0.05) is 13.8 Å². The molecule has 0 aliphatic carbocycles. The lowest BCUT2D eigenvalue weighted by atomic mass is 10.1. The highest BCUT2D eigenvalue weighted by atomic mass is 32.3. The fourth-order valence-corrected chi connectivity index (χ4v) is 2.22. The van der Waals surface area contributed by atoms with Gasteiger partial charge in [0, 0.05) is 6.42 Å². The lowest BCUT2D eigenvalue weighted by Crippen LogP contribution is -2.45. The van der Waals surface area contributed by atoms with Crippen LogP contribution in [0.5, 0.6) is 0 Å². The highest BCUT2D eigenvalue weighted by molar-refractivity contribution is 7.80. The van der Waals surface area contributed by atoms with E-state index in [1.807, 2.05) is 0 Å². The Labute approximate surface area is 131 Å². The summed E-state index contributed by atoms with van der Waals surface area (Å²) in [4.78, 5) is 0. The molecule has 0 aromatic heterocycles. The van der Waals surface area contributed by atoms with Crippen molar-refractivity contribution in [2.45, 2.75) is 47.0 Å². The highest BCUT2D eigenvalue weighted by Crippen LogP contribution is 2.10. The lowest BCUT2D eigenvalue weighted by molar-refractivity contribution is -0.908. The zero-order valence-corrected chi connectivity index (χ0v) is 15.1. The quantitative estimate of drug-likeness (QED) is 0.375. The molecule has 7 heteroatoms. The summed E-state index contributed by atoms with van der Waals surface area (Å²) in [6.45, 7) is 12.8. The Morgan fingerprint density at radius 3 is 2.00 bits per heavy atom. The monoisotopic (exact) mass is 326 g/mol. The second-order valence-corrected chi connectivity index (χ2v) is 6.93. The van der Waals surface area contributed by atoms with Crippen molar-refractivity contribution in [2.24, 2.45) is 11.7 Å². The summed E-state index contributed by atoms with van der Waals surface area (Å²) in [5.41, 5.74) is 5.56. The molecule has 21 heavy (non-hydrogen) atoms. The summed E-state index contributed by atoms with van der Waals surface area (Å²) in [6.07, 6.45) is 3.87. The van der Waals surface area contributed by atoms with Gasteiger partial charge in [-0.2, -0.15) is 0 Å². The number of rotatable bonds is 10. The zero-order chi connectivity index (χ0) is 16.9. The van der Waals surface area contributed by atoms with E-state index in [2.05, 4.69) is 32.0 Å². The average Bonchev–Trinajstić information content (AvgIpc) is 2.35. The molecule has 0 radical (unpaired) electrons. The summed E-state index contributed by atoms with van der Waals surface area (Å²) in [7, 11) is -2.07. The second-order valence-electron chi connectivity index (χ2n) is 5.88. The van der Waals surface area contributed by atoms with Crippen molar-refractivity contribution in [3.8, 4) is 0 Å². The normalized spacial score (nSPS) is 14.5. The average molecular weight is 327 g/mol. The summed E-state index contributed by atoms with van der Waals surface area (Å²) < 4.78 is 33.2. The first-order valence-electron chi connectivity index (χ1n) is 7.74. The third kappa shape index (κ3) is 17.7. The van der Waals surface area contributed by atoms with Crippen LogP contribution >= 0.6 is 0 Å². The van der Waals surface area contributed by atoms with Crippen LogP contribution < -0.4 is 5.73 Å². The Morgan fingerprint density at radius 1 is 1.19 bits per heavy atom. The maximum atomic E-state index is 9.45. The van der Waals surface area contributed by atoms with Gasteiger partial charge in [0.25, 0.3) is 0 Å². The molecule has 0 spiro atoms. The Morgan fingerprint density at radius 2 is 1.71 bits per heavy atom. The van der Waals surface area contributed by atoms with Gasteiger partial charge >= 0.3 is 0 Å². The Hall–Kier alpha value is -0.210. The minimum atomic E-state index is -4.42. The van der Waals surface area contributed by atoms with Gasteiger partial charge in [-0.25, -0.2) is 8.42 Å². The van der Waals surface area contributed by atoms with Crippen molar-refractivity contribution in [3.05, 3.63) is 0 Å². The number of nitrogens with zero attached hydrogens (tertiary/aromatic N) is 1. The Bertz CT molecular complexity index is 334. The van der Waals surface area contributed by atoms with Crippen molar-refractivity contribution in [3.63, 3.8) is 0 Å². The van der Waals surface area contributed by atoms with Crippen LogP contribution in [0.2, 0.25) is 0 Å². The summed E-state index contributed by atoms with van der Waals surface area (Å²) in [6, 6.07) is 0. The molecule has 1 unspecified atom stereocenters. The molecule has 0 aromatic rings. The van der Waals surface area contributed by atoms with Gasteiger partial charge in [0.1, 0.15) is 0 Å². The second kappa shape index (κ2) is 12.3. The topological polar surface area (TPSA) is 92.5 Å². The van der Waals surface area contributed by atoms with E-state index in [1.54, 1.807) is 0 Å². The predicted octanol–water partition coefficient (Wildman–Crippen LogP) is 1.72. The summed E-state index contributed by atoms with van der Waals surface area (Å²) in [5.74, 6) is 0.842. The lowest BCUT2D eigenvalue weighted by Gasteiger charge is -2.33. The van der Waals surface area contributed by atoms with Crippen LogP contribution in [0.4, 0.5) is 0 Å². The Kier molecular flexibility index (Phi) is 13.6. The molecule has 0 saturated carbocycles. The molecular formula is C14H34N2O4S. The maximum absolute atomic E-state index is 9.45. The largest absolute Gasteiger partial charge is 0.726 e. The number of hydrogen-bond acceptors (Lipinski definition) is 5. The molecule has 6 nitrogen and oxygen atoms in total. The number of hydrogen-bond donors (Lipinski definition) is 1. The molecular weight excluding hydrogens is 292 g/mol. The standard InChI is InChI=1S/C12H29N2.C2H6O4S/c1-5-14(4,11-7-9-13)10-6-8-12(2)3;1-2-6-7(3,4)5/h12H,5-11,13H2,1-4H3;2H2,1H3,(H,3,4,5)/q+1;/p-1. The third-order valence-electron chi connectivity index (χ3n) is 3.41. The maximum Gasteiger partial charge on any atom is 0.217 e. The van der Waals surface area contributed by atoms with E-state index in [-0.39, 0.29) is 6.61 Å². The Balaban J connectivity index is 0. The molecule has 2 N–H and O–H groups in total. The molecule has 0 aromatic carbocycles. The molecule has 0 aliphatic heterocycles. The van der Waals surface area contributed by atoms with Crippen LogP contribution in [0.15, 0.2) is 0 Å². The minimum absolute atomic E-state index is 0.0914. The van der Waals surface area contributed by atoms with E-state index in [9.17, 15) is 13.0 Å². The molecule has 0 saturated heterocycles. The smallest absolute Gasteiger partial charge is 0.217 e. The van der Waals surface area contributed by atoms with Gasteiger partial charge in [0.2, 0.25) is 10.4 Å². The molecule has 0 bridgehead atoms. The van der Waals surface area contributed by atoms with Crippen LogP contribution in [0.3, 0.4) is 0 Å². The molecule has 0 fully saturated rings. The molecule has 0 heterocycles. The third-order valence-corrected chi connectivity index (χ3v) is 3.93. The van der Waals surface area contributed by atoms with Gasteiger partial charge in [0.15, 0.2) is 0 Å². The molecule has 0 aliphatic rings. The van der Waals surface area contributed by atoms with Crippen LogP contribution in [0.1, 0.15) is 47.0 Å². The van der Waals surface area contributed by atoms with Gasteiger partial charge in [-0.15, -0.1) is 0 Å². The van der Waals surface area contributed by atoms with Gasteiger partial charge < -0.3 is 14.8 Å². The summed E-state index contributed by atoms with van der Waals surface area (Å²) >= 11 is 0. The van der Waals surface area contributed by atoms with E-state index in [4.69, 9.17) is 5.73 Å². The molecule has 130 valence electrons. The van der Waals surface area contributed by atoms with E-state index < -0.39 is 10.4 Å². The van der Waals surface area contributed by atoms with E-state index in [0.717, 1.165) is 18.9 Å². The minimum Gasteiger partial charge on any atom is -0.726 e. The van der Waals surface area contributed by atoms with E-state index >= 15 is 0 Å². The first kappa shape index (κ1) is 23.1. The van der Waals surface area contributed by atoms with Gasteiger partial charge in [0.05, 0.1) is 33.3 Å². The van der Waals surface area contributed by atoms with Crippen LogP contribution in [-0.2, 0) is 14.6 Å². The van der Waals surface area contributed by atoms with E-state index in [0.29, 0.717) is 0 Å². The SMILES string of the molecule is CCOS(=O)(=O)[O-].CC[N+](C)(CCCN)CCCC(C)C. The summed E-state index contributed by atoms with van der Waals surface area (Å²) in [5, 5.41) is 0. The number of nitrogens with two attached hydrogens (primary N) is 1. The fourth-order valence-electron chi connectivity index (χ4n) is 1.93. The van der Waals surface area contributed by atoms with Crippen molar-refractivity contribution in [1.29, 1.82) is 0 Å².